The number of nitrogens with zero attached hydrogens (tertiary/aromatic N) is 6. The van der Waals surface area contributed by atoms with Crippen molar-refractivity contribution in [2.75, 3.05) is 48.5 Å². The Hall–Kier alpha value is -5.44. The van der Waals surface area contributed by atoms with Gasteiger partial charge in [-0.2, -0.15) is 47.2 Å². The summed E-state index contributed by atoms with van der Waals surface area (Å²) >= 11 is 0. The van der Waals surface area contributed by atoms with Gasteiger partial charge < -0.3 is 11.5 Å². The number of hydrogen-bond donors (Lipinski definition) is 7. The number of nitrogens with two attached hydrogens (primary N) is 2. The Morgan fingerprint density at radius 1 is 0.386 bits per heavy atom. The smallest absolute Gasteiger partial charge is 0.395 e. The van der Waals surface area contributed by atoms with Crippen molar-refractivity contribution in [2.24, 2.45) is 30.7 Å². The molecule has 0 saturated heterocycles. The Balaban J connectivity index is 1.86. The molecular formula is C30H32N8O24S8. The molecule has 0 spiro atoms. The van der Waals surface area contributed by atoms with E-state index < -0.39 is 177 Å². The van der Waals surface area contributed by atoms with Crippen molar-refractivity contribution in [3.05, 3.63) is 66.7 Å². The van der Waals surface area contributed by atoms with Crippen LogP contribution in [-0.4, -0.2) is 127 Å². The Bertz CT molecular complexity index is 3540. The molecule has 0 bridgehead atoms. The summed E-state index contributed by atoms with van der Waals surface area (Å²) in [6.07, 6.45) is 0. The summed E-state index contributed by atoms with van der Waals surface area (Å²) in [6.45, 7) is -3.18. The van der Waals surface area contributed by atoms with Crippen LogP contribution in [0.2, 0.25) is 0 Å². The van der Waals surface area contributed by atoms with Crippen LogP contribution in [0.4, 0.5) is 45.5 Å². The topological polar surface area (TPSA) is 528 Å². The molecule has 32 nitrogen and oxygen atoms in total. The fourth-order valence-electron chi connectivity index (χ4n) is 5.04. The van der Waals surface area contributed by atoms with Gasteiger partial charge in [-0.3, -0.25) is 22.8 Å². The zero-order chi connectivity index (χ0) is 52.9. The van der Waals surface area contributed by atoms with Gasteiger partial charge in [-0.25, -0.2) is 37.8 Å². The summed E-state index contributed by atoms with van der Waals surface area (Å²) in [4.78, 5) is -4.43. The average Bonchev–Trinajstić information content (AvgIpc) is 3.20. The van der Waals surface area contributed by atoms with Gasteiger partial charge in [0.2, 0.25) is 0 Å². The van der Waals surface area contributed by atoms with Crippen LogP contribution >= 0.6 is 0 Å². The van der Waals surface area contributed by atoms with E-state index in [4.69, 9.17) is 25.1 Å². The monoisotopic (exact) mass is 1140 g/mol. The molecule has 70 heavy (non-hydrogen) atoms. The minimum atomic E-state index is -5.37. The summed E-state index contributed by atoms with van der Waals surface area (Å²) in [5.41, 5.74) is 7.99. The molecule has 0 radical (unpaired) electrons. The predicted molar refractivity (Wildman–Crippen MR) is 235 cm³/mol. The van der Waals surface area contributed by atoms with Crippen LogP contribution in [0.3, 0.4) is 0 Å². The van der Waals surface area contributed by atoms with E-state index in [1.807, 2.05) is 0 Å². The SMILES string of the molecule is Nc1c(N=Nc2ccc(S(=O)(=O)CCOS(=O)(=O)O)cc2S(=O)(=O)O)cc(N=Nc2ccc(S(=O)(=O)CCOS(=O)(=O)O)cc2S(=O)(=O)O)c(N)c1N=Nc1ccc(S(=O)(=O)CCOS(=O)(=O)O)cc1. The van der Waals surface area contributed by atoms with E-state index in [0.29, 0.717) is 24.3 Å². The van der Waals surface area contributed by atoms with Crippen molar-refractivity contribution in [3.8, 4) is 0 Å². The normalized spacial score (nSPS) is 13.7. The van der Waals surface area contributed by atoms with Gasteiger partial charge in [0.15, 0.2) is 29.5 Å². The van der Waals surface area contributed by atoms with Gasteiger partial charge in [0, 0.05) is 0 Å². The van der Waals surface area contributed by atoms with E-state index in [0.717, 1.165) is 42.5 Å². The second kappa shape index (κ2) is 21.5. The summed E-state index contributed by atoms with van der Waals surface area (Å²) in [5, 5.41) is 22.8. The lowest BCUT2D eigenvalue weighted by Gasteiger charge is -2.10. The largest absolute Gasteiger partial charge is 0.397 e. The van der Waals surface area contributed by atoms with Crippen LogP contribution in [0.1, 0.15) is 0 Å². The van der Waals surface area contributed by atoms with E-state index in [1.54, 1.807) is 0 Å². The lowest BCUT2D eigenvalue weighted by atomic mass is 10.2. The first-order valence-electron chi connectivity index (χ1n) is 17.7. The molecule has 9 N–H and O–H groups in total. The van der Waals surface area contributed by atoms with Gasteiger partial charge in [0.25, 0.3) is 20.2 Å². The number of nitrogen functional groups attached to an aromatic ring is 2. The first-order valence-corrected chi connectivity index (χ1v) is 29.7. The van der Waals surface area contributed by atoms with Crippen LogP contribution in [0.15, 0.2) is 122 Å². The molecule has 0 heterocycles. The van der Waals surface area contributed by atoms with Gasteiger partial charge in [-0.15, -0.1) is 25.6 Å². The van der Waals surface area contributed by atoms with Crippen LogP contribution in [-0.2, 0) is 93.5 Å². The van der Waals surface area contributed by atoms with Crippen molar-refractivity contribution in [2.45, 2.75) is 24.5 Å². The average molecular weight is 1150 g/mol. The van der Waals surface area contributed by atoms with Gasteiger partial charge in [0.1, 0.15) is 38.2 Å². The van der Waals surface area contributed by atoms with Gasteiger partial charge >= 0.3 is 31.2 Å². The molecular weight excluding hydrogens is 1110 g/mol. The van der Waals surface area contributed by atoms with Crippen LogP contribution in [0.5, 0.6) is 0 Å². The minimum absolute atomic E-state index is 0.128. The van der Waals surface area contributed by atoms with E-state index in [2.05, 4.69) is 43.2 Å². The Kier molecular flexibility index (Phi) is 17.6. The molecule has 4 rings (SSSR count). The number of sulfone groups is 3. The summed E-state index contributed by atoms with van der Waals surface area (Å²) in [7, 11) is -39.2. The maximum absolute atomic E-state index is 12.8. The second-order valence-corrected chi connectivity index (χ2v) is 25.5. The van der Waals surface area contributed by atoms with Crippen LogP contribution < -0.4 is 11.5 Å². The molecule has 4 aromatic carbocycles. The van der Waals surface area contributed by atoms with E-state index in [9.17, 15) is 76.4 Å². The highest BCUT2D eigenvalue weighted by molar-refractivity contribution is 7.92. The summed E-state index contributed by atoms with van der Waals surface area (Å²) in [5.74, 6) is -3.15. The molecule has 0 aliphatic carbocycles. The number of hydrogen-bond acceptors (Lipinski definition) is 27. The summed E-state index contributed by atoms with van der Waals surface area (Å²) in [6, 6.07) is 8.75. The lowest BCUT2D eigenvalue weighted by Crippen LogP contribution is -2.16. The van der Waals surface area contributed by atoms with Crippen molar-refractivity contribution in [1.29, 1.82) is 0 Å². The van der Waals surface area contributed by atoms with E-state index in [1.165, 1.54) is 0 Å². The third kappa shape index (κ3) is 16.6. The van der Waals surface area contributed by atoms with Crippen molar-refractivity contribution in [1.82, 2.24) is 0 Å². The molecule has 0 aromatic heterocycles. The second-order valence-electron chi connectivity index (χ2n) is 13.1. The van der Waals surface area contributed by atoms with Crippen molar-refractivity contribution < 1.29 is 103 Å². The molecule has 0 aliphatic rings. The third-order valence-corrected chi connectivity index (χ3v) is 16.4. The highest BCUT2D eigenvalue weighted by Gasteiger charge is 2.26. The Morgan fingerprint density at radius 2 is 0.700 bits per heavy atom. The van der Waals surface area contributed by atoms with Crippen LogP contribution in [0, 0.1) is 0 Å². The first-order chi connectivity index (χ1) is 31.9. The Morgan fingerprint density at radius 3 is 1.03 bits per heavy atom. The standard InChI is InChI=1S/C30H32N8O24S8/c31-28-24(36-34-22-7-5-20(15-26(22)66(45,46)47)64(41,42)13-10-61-69(54,55)56)17-25(29(32)30(28)38-33-18-1-3-19(4-2-18)63(39,40)12-9-60-68(51,52)53)37-35-23-8-6-21(16-27(23)67(48,49)50)65(43,44)14-11-62-70(57,58)59/h1-8,15-17H,9-14,31-32H2,(H,45,46,47)(H,48,49,50)(H,51,52,53)(H,54,55,56)(H,57,58,59). The van der Waals surface area contributed by atoms with Crippen molar-refractivity contribution >= 4 is 126 Å². The molecule has 0 unspecified atom stereocenters. The highest BCUT2D eigenvalue weighted by atomic mass is 32.3. The zero-order valence-electron chi connectivity index (χ0n) is 34.2. The fourth-order valence-corrected chi connectivity index (χ4v) is 11.0. The molecule has 384 valence electrons. The van der Waals surface area contributed by atoms with E-state index in [-0.39, 0.29) is 10.6 Å². The van der Waals surface area contributed by atoms with Gasteiger partial charge in [0.05, 0.1) is 68.8 Å². The quantitative estimate of drug-likeness (QED) is 0.0318. The molecule has 0 aliphatic heterocycles. The molecule has 0 amide bonds. The number of benzene rings is 4. The predicted octanol–water partition coefficient (Wildman–Crippen LogP) is 2.37. The maximum Gasteiger partial charge on any atom is 0.397 e. The fraction of sp³-hybridized carbons (Fsp3) is 0.200. The van der Waals surface area contributed by atoms with Crippen LogP contribution in [0.25, 0.3) is 0 Å². The third-order valence-electron chi connectivity index (χ3n) is 8.22. The molecule has 0 saturated carbocycles. The zero-order valence-corrected chi connectivity index (χ0v) is 40.7. The highest BCUT2D eigenvalue weighted by Crippen LogP contribution is 2.46. The summed E-state index contributed by atoms with van der Waals surface area (Å²) < 4.78 is 249. The molecule has 0 atom stereocenters. The Labute approximate surface area is 397 Å². The van der Waals surface area contributed by atoms with Gasteiger partial charge in [-0.1, -0.05) is 0 Å². The molecule has 4 aromatic rings. The minimum Gasteiger partial charge on any atom is -0.395 e. The molecule has 40 heteroatoms. The van der Waals surface area contributed by atoms with Crippen molar-refractivity contribution in [3.63, 3.8) is 0 Å². The number of anilines is 2. The number of rotatable bonds is 23. The van der Waals surface area contributed by atoms with E-state index >= 15 is 0 Å². The molecule has 0 fully saturated rings. The maximum atomic E-state index is 12.8. The number of azo groups is 3. The lowest BCUT2D eigenvalue weighted by molar-refractivity contribution is 0.282. The first kappa shape index (κ1) is 57.1. The van der Waals surface area contributed by atoms with Gasteiger partial charge in [-0.05, 0) is 66.7 Å².